The third-order valence-corrected chi connectivity index (χ3v) is 7.61. The van der Waals surface area contributed by atoms with Crippen LogP contribution < -0.4 is 11.1 Å². The normalized spacial score (nSPS) is 39.1. The average molecular weight is 637 g/mol. The van der Waals surface area contributed by atoms with E-state index < -0.39 is 36.2 Å². The molecule has 2 aliphatic heterocycles. The average Bonchev–Trinajstić information content (AvgIpc) is 2.97. The van der Waals surface area contributed by atoms with Crippen LogP contribution in [0.15, 0.2) is 107 Å². The molecule has 2 heterocycles. The van der Waals surface area contributed by atoms with Crippen LogP contribution in [0.1, 0.15) is 61.3 Å². The molecule has 2 aliphatic rings. The number of hydrogen-bond acceptors (Lipinski definition) is 7. The molecule has 0 saturated carbocycles. The van der Waals surface area contributed by atoms with E-state index in [1.54, 1.807) is 25.2 Å². The van der Waals surface area contributed by atoms with E-state index in [0.717, 1.165) is 28.7 Å². The second-order valence-electron chi connectivity index (χ2n) is 12.8. The van der Waals surface area contributed by atoms with E-state index in [0.29, 0.717) is 12.3 Å². The van der Waals surface area contributed by atoms with Gasteiger partial charge >= 0.3 is 0 Å². The molecule has 0 aromatic heterocycles. The van der Waals surface area contributed by atoms with Crippen molar-refractivity contribution < 1.29 is 29.2 Å². The topological polar surface area (TPSA) is 123 Å². The minimum atomic E-state index is -1.44. The van der Waals surface area contributed by atoms with E-state index in [4.69, 9.17) is 19.9 Å². The van der Waals surface area contributed by atoms with Gasteiger partial charge in [-0.15, -0.1) is 0 Å². The van der Waals surface area contributed by atoms with Crippen molar-refractivity contribution in [3.8, 4) is 0 Å². The van der Waals surface area contributed by atoms with E-state index in [2.05, 4.69) is 25.2 Å². The number of ether oxygens (including phenoxy) is 3. The van der Waals surface area contributed by atoms with Crippen molar-refractivity contribution in [3.63, 3.8) is 0 Å². The van der Waals surface area contributed by atoms with Crippen molar-refractivity contribution in [2.75, 3.05) is 13.7 Å². The Bertz CT molecular complexity index is 1260. The summed E-state index contributed by atoms with van der Waals surface area (Å²) in [6, 6.07) is -0.769. The Balaban J connectivity index is 2.45. The number of amides is 1. The molecule has 0 aliphatic carbocycles. The van der Waals surface area contributed by atoms with Crippen LogP contribution in [0.3, 0.4) is 0 Å². The summed E-state index contributed by atoms with van der Waals surface area (Å²) in [4.78, 5) is 13.2. The third kappa shape index (κ3) is 13.7. The van der Waals surface area contributed by atoms with Gasteiger partial charge in [-0.25, -0.2) is 0 Å². The number of carbonyl (C=O) groups excluding carboxylic acids is 1. The smallest absolute Gasteiger partial charge is 0.247 e. The fourth-order valence-electron chi connectivity index (χ4n) is 4.96. The Kier molecular flexibility index (Phi) is 16.6. The molecule has 3 unspecified atom stereocenters. The lowest BCUT2D eigenvalue weighted by atomic mass is 9.96. The molecule has 2 rings (SSSR count). The molecule has 8 nitrogen and oxygen atoms in total. The lowest BCUT2D eigenvalue weighted by molar-refractivity contribution is -0.254. The highest BCUT2D eigenvalue weighted by Crippen LogP contribution is 2.25. The standard InChI is InChI=1S/C38H56N2O6/c1-26(2)23-31-24-29(5)16-10-9-13-22-38(7,43)33(46-37-34(39)35(44-8)32(41)25-45-37)19-12-11-15-27(3)17-14-18-28(4)20-21-30(6)40-36(31)42/h9-20,22,24,26,30,32-35,37,41,43H,21,23,25,39H2,1-8H3,(H,40,42)/b10-9+,15-11+,18-14+,19-12-,22-13+,27-17+,28-20+,29-16+,31-24-/t30?,32-,33?,34-,35+,37+,38?/m1/s1. The van der Waals surface area contributed by atoms with E-state index in [-0.39, 0.29) is 18.6 Å². The van der Waals surface area contributed by atoms with Crippen LogP contribution in [0.2, 0.25) is 0 Å². The van der Waals surface area contributed by atoms with Crippen LogP contribution in [-0.2, 0) is 19.0 Å². The number of aliphatic hydroxyl groups is 2. The molecule has 7 atom stereocenters. The van der Waals surface area contributed by atoms with Crippen LogP contribution >= 0.6 is 0 Å². The van der Waals surface area contributed by atoms with Gasteiger partial charge in [-0.05, 0) is 53.4 Å². The lowest BCUT2D eigenvalue weighted by Crippen LogP contribution is -2.60. The van der Waals surface area contributed by atoms with Crippen molar-refractivity contribution in [1.82, 2.24) is 5.32 Å². The van der Waals surface area contributed by atoms with Gasteiger partial charge in [0.2, 0.25) is 5.91 Å². The van der Waals surface area contributed by atoms with E-state index >= 15 is 0 Å². The molecule has 0 aromatic carbocycles. The van der Waals surface area contributed by atoms with Gasteiger partial charge < -0.3 is 35.5 Å². The van der Waals surface area contributed by atoms with Gasteiger partial charge in [-0.1, -0.05) is 116 Å². The summed E-state index contributed by atoms with van der Waals surface area (Å²) in [5.41, 5.74) is 8.68. The zero-order valence-electron chi connectivity index (χ0n) is 28.9. The largest absolute Gasteiger partial charge is 0.388 e. The van der Waals surface area contributed by atoms with Crippen molar-refractivity contribution in [3.05, 3.63) is 107 Å². The van der Waals surface area contributed by atoms with Gasteiger partial charge in [0.1, 0.15) is 23.9 Å². The molecule has 0 aromatic rings. The van der Waals surface area contributed by atoms with Crippen molar-refractivity contribution in [2.24, 2.45) is 11.7 Å². The van der Waals surface area contributed by atoms with Crippen molar-refractivity contribution >= 4 is 5.91 Å². The molecular formula is C38H56N2O6. The monoisotopic (exact) mass is 636 g/mol. The summed E-state index contributed by atoms with van der Waals surface area (Å²) in [7, 11) is 1.48. The first-order chi connectivity index (χ1) is 21.7. The number of carbonyl (C=O) groups is 1. The van der Waals surface area contributed by atoms with Gasteiger partial charge in [-0.2, -0.15) is 0 Å². The summed E-state index contributed by atoms with van der Waals surface area (Å²) in [5, 5.41) is 24.9. The number of aliphatic hydroxyl groups excluding tert-OH is 1. The predicted molar refractivity (Wildman–Crippen MR) is 187 cm³/mol. The van der Waals surface area contributed by atoms with Gasteiger partial charge in [0.25, 0.3) is 0 Å². The Morgan fingerprint density at radius 3 is 2.43 bits per heavy atom. The number of allylic oxidation sites excluding steroid dienone is 14. The lowest BCUT2D eigenvalue weighted by Gasteiger charge is -2.40. The Hall–Kier alpha value is -3.11. The predicted octanol–water partition coefficient (Wildman–Crippen LogP) is 5.68. The van der Waals surface area contributed by atoms with E-state index in [1.165, 1.54) is 7.11 Å². The molecule has 1 amide bonds. The van der Waals surface area contributed by atoms with Crippen LogP contribution in [0.5, 0.6) is 0 Å². The second-order valence-corrected chi connectivity index (χ2v) is 12.8. The van der Waals surface area contributed by atoms with E-state index in [1.807, 2.05) is 88.5 Å². The fraction of sp³-hybridized carbons (Fsp3) is 0.500. The molecular weight excluding hydrogens is 580 g/mol. The van der Waals surface area contributed by atoms with Gasteiger partial charge in [0.15, 0.2) is 6.29 Å². The Labute approximate surface area is 276 Å². The summed E-state index contributed by atoms with van der Waals surface area (Å²) in [5.74, 6) is 0.275. The SMILES string of the molecule is CO[C@@H]1[C@@H](N)[C@H](OC2\C=C/C=C/C(C)=C/C=C/C(C)=C/CC(C)NC(=O)\C(CC(C)C)=C/C(C)=C/C=C/C=C/C2(C)O)OC[C@H]1O. The molecule has 5 N–H and O–H groups in total. The molecule has 1 fully saturated rings. The number of nitrogens with two attached hydrogens (primary N) is 1. The zero-order valence-corrected chi connectivity index (χ0v) is 28.9. The van der Waals surface area contributed by atoms with Gasteiger partial charge in [-0.3, -0.25) is 4.79 Å². The third-order valence-electron chi connectivity index (χ3n) is 7.61. The molecule has 254 valence electrons. The summed E-state index contributed by atoms with van der Waals surface area (Å²) >= 11 is 0. The number of nitrogens with one attached hydrogen (secondary N) is 1. The maximum absolute atomic E-state index is 13.2. The fourth-order valence-corrected chi connectivity index (χ4v) is 4.96. The number of hydrogen-bond donors (Lipinski definition) is 4. The first-order valence-corrected chi connectivity index (χ1v) is 16.1. The van der Waals surface area contributed by atoms with Gasteiger partial charge in [0, 0.05) is 18.7 Å². The maximum atomic E-state index is 13.2. The maximum Gasteiger partial charge on any atom is 0.247 e. The highest BCUT2D eigenvalue weighted by molar-refractivity contribution is 5.94. The highest BCUT2D eigenvalue weighted by atomic mass is 16.7. The van der Waals surface area contributed by atoms with Crippen LogP contribution in [-0.4, -0.2) is 72.1 Å². The highest BCUT2D eigenvalue weighted by Gasteiger charge is 2.41. The summed E-state index contributed by atoms with van der Waals surface area (Å²) in [6.45, 7) is 13.9. The Morgan fingerprint density at radius 1 is 1.04 bits per heavy atom. The molecule has 0 spiro atoms. The van der Waals surface area contributed by atoms with Crippen molar-refractivity contribution in [1.29, 1.82) is 0 Å². The second kappa shape index (κ2) is 19.5. The van der Waals surface area contributed by atoms with Gasteiger partial charge in [0.05, 0.1) is 12.6 Å². The minimum Gasteiger partial charge on any atom is -0.388 e. The first-order valence-electron chi connectivity index (χ1n) is 16.1. The molecule has 8 heteroatoms. The van der Waals surface area contributed by atoms with Crippen molar-refractivity contribution in [2.45, 2.75) is 104 Å². The summed E-state index contributed by atoms with van der Waals surface area (Å²) < 4.78 is 17.3. The molecule has 1 saturated heterocycles. The Morgan fingerprint density at radius 2 is 1.74 bits per heavy atom. The first kappa shape index (κ1) is 39.1. The number of rotatable bonds is 5. The summed E-state index contributed by atoms with van der Waals surface area (Å²) in [6.07, 6.45) is 24.6. The number of methoxy groups -OCH3 is 1. The minimum absolute atomic E-state index is 0.000198. The van der Waals surface area contributed by atoms with Crippen LogP contribution in [0, 0.1) is 5.92 Å². The zero-order chi connectivity index (χ0) is 34.3. The van der Waals surface area contributed by atoms with Crippen LogP contribution in [0.25, 0.3) is 0 Å². The molecule has 0 radical (unpaired) electrons. The molecule has 0 bridgehead atoms. The van der Waals surface area contributed by atoms with Crippen LogP contribution in [0.4, 0.5) is 0 Å². The van der Waals surface area contributed by atoms with E-state index in [9.17, 15) is 15.0 Å². The quantitative estimate of drug-likeness (QED) is 0.306. The molecule has 46 heavy (non-hydrogen) atoms.